The molecule has 110 valence electrons. The largest absolute Gasteiger partial charge is 0.399 e. The summed E-state index contributed by atoms with van der Waals surface area (Å²) in [5.41, 5.74) is 9.18. The van der Waals surface area contributed by atoms with Crippen molar-refractivity contribution in [2.24, 2.45) is 5.14 Å². The summed E-state index contributed by atoms with van der Waals surface area (Å²) in [6, 6.07) is 13.0. The summed E-state index contributed by atoms with van der Waals surface area (Å²) in [5.74, 6) is 0.395. The first-order chi connectivity index (χ1) is 9.95. The molecule has 0 amide bonds. The highest BCUT2D eigenvalue weighted by Crippen LogP contribution is 2.35. The zero-order valence-electron chi connectivity index (χ0n) is 11.4. The van der Waals surface area contributed by atoms with Gasteiger partial charge in [0.1, 0.15) is 4.90 Å². The lowest BCUT2D eigenvalue weighted by atomic mass is 9.77. The van der Waals surface area contributed by atoms with Crippen LogP contribution in [-0.2, 0) is 16.4 Å². The maximum Gasteiger partial charge on any atom is 0.240 e. The van der Waals surface area contributed by atoms with Crippen LogP contribution in [0.5, 0.6) is 0 Å². The molecule has 21 heavy (non-hydrogen) atoms. The summed E-state index contributed by atoms with van der Waals surface area (Å²) in [6.45, 7) is 0.670. The summed E-state index contributed by atoms with van der Waals surface area (Å²) in [6.07, 6.45) is 1.00. The van der Waals surface area contributed by atoms with Crippen LogP contribution in [0.15, 0.2) is 47.4 Å². The monoisotopic (exact) mass is 303 g/mol. The molecular weight excluding hydrogens is 286 g/mol. The van der Waals surface area contributed by atoms with Gasteiger partial charge in [-0.2, -0.15) is 0 Å². The molecule has 0 aliphatic heterocycles. The van der Waals surface area contributed by atoms with Crippen molar-refractivity contribution in [1.82, 2.24) is 0 Å². The zero-order chi connectivity index (χ0) is 15.0. The number of nitrogens with two attached hydrogens (primary N) is 2. The van der Waals surface area contributed by atoms with Crippen LogP contribution in [-0.4, -0.2) is 15.0 Å². The molecule has 5 N–H and O–H groups in total. The highest BCUT2D eigenvalue weighted by molar-refractivity contribution is 7.89. The highest BCUT2D eigenvalue weighted by atomic mass is 32.2. The van der Waals surface area contributed by atoms with E-state index in [1.165, 1.54) is 17.2 Å². The van der Waals surface area contributed by atoms with Gasteiger partial charge < -0.3 is 11.1 Å². The van der Waals surface area contributed by atoms with Gasteiger partial charge in [-0.15, -0.1) is 0 Å². The average molecular weight is 303 g/mol. The highest BCUT2D eigenvalue weighted by Gasteiger charge is 2.25. The summed E-state index contributed by atoms with van der Waals surface area (Å²) in [5, 5.41) is 8.41. The first kappa shape index (κ1) is 13.9. The van der Waals surface area contributed by atoms with Gasteiger partial charge in [0, 0.05) is 18.2 Å². The van der Waals surface area contributed by atoms with Gasteiger partial charge in [0.2, 0.25) is 10.0 Å². The number of hydrogen-bond donors (Lipinski definition) is 3. The van der Waals surface area contributed by atoms with Crippen LogP contribution in [0.4, 0.5) is 11.4 Å². The average Bonchev–Trinajstić information content (AvgIpc) is 2.40. The Morgan fingerprint density at radius 1 is 1.19 bits per heavy atom. The van der Waals surface area contributed by atoms with E-state index in [2.05, 4.69) is 17.4 Å². The first-order valence-corrected chi connectivity index (χ1v) is 8.24. The van der Waals surface area contributed by atoms with Crippen molar-refractivity contribution in [3.05, 3.63) is 53.6 Å². The fourth-order valence-electron chi connectivity index (χ4n) is 2.70. The Morgan fingerprint density at radius 3 is 2.67 bits per heavy atom. The van der Waals surface area contributed by atoms with Crippen LogP contribution < -0.4 is 16.2 Å². The lowest BCUT2D eigenvalue weighted by Crippen LogP contribution is -2.25. The van der Waals surface area contributed by atoms with Crippen molar-refractivity contribution in [2.45, 2.75) is 17.2 Å². The minimum absolute atomic E-state index is 0.0371. The number of fused-ring (bicyclic) bond motifs is 1. The van der Waals surface area contributed by atoms with E-state index in [9.17, 15) is 8.42 Å². The van der Waals surface area contributed by atoms with E-state index in [0.717, 1.165) is 6.42 Å². The number of hydrogen-bond acceptors (Lipinski definition) is 4. The predicted octanol–water partition coefficient (Wildman–Crippen LogP) is 1.67. The zero-order valence-corrected chi connectivity index (χ0v) is 12.2. The third-order valence-corrected chi connectivity index (χ3v) is 4.76. The molecule has 0 aromatic heterocycles. The molecule has 2 aromatic rings. The van der Waals surface area contributed by atoms with E-state index in [4.69, 9.17) is 10.9 Å². The van der Waals surface area contributed by atoms with Crippen molar-refractivity contribution in [2.75, 3.05) is 17.6 Å². The molecule has 1 unspecified atom stereocenters. The van der Waals surface area contributed by atoms with Crippen LogP contribution in [0.25, 0.3) is 0 Å². The molecule has 0 saturated heterocycles. The van der Waals surface area contributed by atoms with Crippen LogP contribution in [0.3, 0.4) is 0 Å². The van der Waals surface area contributed by atoms with E-state index in [-0.39, 0.29) is 4.90 Å². The fraction of sp³-hybridized carbons (Fsp3) is 0.200. The van der Waals surface area contributed by atoms with Gasteiger partial charge >= 0.3 is 0 Å². The van der Waals surface area contributed by atoms with Gasteiger partial charge in [-0.3, -0.25) is 0 Å². The Balaban J connectivity index is 1.78. The summed E-state index contributed by atoms with van der Waals surface area (Å²) in [7, 11) is -3.80. The van der Waals surface area contributed by atoms with E-state index in [1.54, 1.807) is 12.1 Å². The Labute approximate surface area is 124 Å². The minimum Gasteiger partial charge on any atom is -0.399 e. The fourth-order valence-corrected chi connectivity index (χ4v) is 3.45. The number of anilines is 2. The maximum absolute atomic E-state index is 11.6. The van der Waals surface area contributed by atoms with Crippen LogP contribution >= 0.6 is 0 Å². The summed E-state index contributed by atoms with van der Waals surface area (Å²) in [4.78, 5) is 0.0371. The molecule has 0 fully saturated rings. The van der Waals surface area contributed by atoms with Crippen molar-refractivity contribution in [3.63, 3.8) is 0 Å². The molecule has 1 aliphatic rings. The molecule has 2 aromatic carbocycles. The van der Waals surface area contributed by atoms with Gasteiger partial charge in [-0.05, 0) is 35.7 Å². The van der Waals surface area contributed by atoms with E-state index < -0.39 is 10.0 Å². The van der Waals surface area contributed by atoms with Crippen LogP contribution in [0.1, 0.15) is 17.0 Å². The number of benzene rings is 2. The normalized spacial score (nSPS) is 16.9. The predicted molar refractivity (Wildman–Crippen MR) is 83.6 cm³/mol. The molecular formula is C15H17N3O2S. The van der Waals surface area contributed by atoms with E-state index in [1.807, 2.05) is 12.1 Å². The summed E-state index contributed by atoms with van der Waals surface area (Å²) >= 11 is 0. The van der Waals surface area contributed by atoms with Crippen molar-refractivity contribution >= 4 is 21.4 Å². The lowest BCUT2D eigenvalue weighted by molar-refractivity contribution is 0.597. The number of nitrogen functional groups attached to an aromatic ring is 1. The molecule has 1 atom stereocenters. The molecule has 6 heteroatoms. The van der Waals surface area contributed by atoms with E-state index >= 15 is 0 Å². The van der Waals surface area contributed by atoms with Crippen molar-refractivity contribution < 1.29 is 8.42 Å². The minimum atomic E-state index is -3.80. The quantitative estimate of drug-likeness (QED) is 0.748. The Morgan fingerprint density at radius 2 is 1.95 bits per heavy atom. The Hall–Kier alpha value is -2.05. The molecule has 1 aliphatic carbocycles. The molecule has 0 heterocycles. The molecule has 0 radical (unpaired) electrons. The van der Waals surface area contributed by atoms with E-state index in [0.29, 0.717) is 23.8 Å². The smallest absolute Gasteiger partial charge is 0.240 e. The second-order valence-electron chi connectivity index (χ2n) is 5.28. The van der Waals surface area contributed by atoms with Crippen LogP contribution in [0.2, 0.25) is 0 Å². The van der Waals surface area contributed by atoms with Crippen molar-refractivity contribution in [3.8, 4) is 0 Å². The molecule has 0 spiro atoms. The van der Waals surface area contributed by atoms with Gasteiger partial charge in [0.25, 0.3) is 0 Å². The Bertz CT molecular complexity index is 787. The number of primary sulfonamides is 1. The lowest BCUT2D eigenvalue weighted by Gasteiger charge is -2.30. The second-order valence-corrected chi connectivity index (χ2v) is 6.81. The second kappa shape index (κ2) is 5.05. The third kappa shape index (κ3) is 2.72. The number of sulfonamides is 1. The van der Waals surface area contributed by atoms with Crippen molar-refractivity contribution in [1.29, 1.82) is 0 Å². The number of rotatable bonds is 4. The van der Waals surface area contributed by atoms with Gasteiger partial charge in [0.15, 0.2) is 0 Å². The third-order valence-electron chi connectivity index (χ3n) is 3.81. The topological polar surface area (TPSA) is 98.2 Å². The SMILES string of the molecule is Nc1ccc(NCC2Cc3ccccc32)c(S(N)(=O)=O)c1. The van der Waals surface area contributed by atoms with Gasteiger partial charge in [0.05, 0.1) is 5.69 Å². The summed E-state index contributed by atoms with van der Waals surface area (Å²) < 4.78 is 23.2. The van der Waals surface area contributed by atoms with Gasteiger partial charge in [-0.25, -0.2) is 13.6 Å². The maximum atomic E-state index is 11.6. The van der Waals surface area contributed by atoms with Gasteiger partial charge in [-0.1, -0.05) is 24.3 Å². The standard InChI is InChI=1S/C15H17N3O2S/c16-12-5-6-14(15(8-12)21(17,19)20)18-9-11-7-10-3-1-2-4-13(10)11/h1-6,8,11,18H,7,9,16H2,(H2,17,19,20). The molecule has 5 nitrogen and oxygen atoms in total. The number of nitrogens with one attached hydrogen (secondary N) is 1. The molecule has 3 rings (SSSR count). The first-order valence-electron chi connectivity index (χ1n) is 6.69. The van der Waals surface area contributed by atoms with Crippen LogP contribution in [0, 0.1) is 0 Å². The molecule has 0 saturated carbocycles. The Kier molecular flexibility index (Phi) is 3.35. The molecule has 0 bridgehead atoms.